The number of anilines is 1. The fourth-order valence-electron chi connectivity index (χ4n) is 2.78. The van der Waals surface area contributed by atoms with E-state index in [1.807, 2.05) is 0 Å². The molecule has 0 bridgehead atoms. The van der Waals surface area contributed by atoms with Gasteiger partial charge in [0.25, 0.3) is 11.6 Å². The van der Waals surface area contributed by atoms with Gasteiger partial charge in [-0.15, -0.1) is 0 Å². The molecule has 0 fully saturated rings. The summed E-state index contributed by atoms with van der Waals surface area (Å²) in [6.07, 6.45) is 0.260. The van der Waals surface area contributed by atoms with E-state index in [1.54, 1.807) is 24.3 Å². The van der Waals surface area contributed by atoms with Gasteiger partial charge >= 0.3 is 5.69 Å². The highest BCUT2D eigenvalue weighted by Gasteiger charge is 2.29. The second-order valence-electron chi connectivity index (χ2n) is 5.95. The Balaban J connectivity index is 1.76. The molecular formula is C17H11ClN6O4. The van der Waals surface area contributed by atoms with Crippen molar-refractivity contribution >= 4 is 34.6 Å². The Kier molecular flexibility index (Phi) is 4.24. The first-order valence-corrected chi connectivity index (χ1v) is 8.40. The molecule has 1 aromatic heterocycles. The second-order valence-corrected chi connectivity index (χ2v) is 6.39. The van der Waals surface area contributed by atoms with E-state index in [9.17, 15) is 19.7 Å². The van der Waals surface area contributed by atoms with Gasteiger partial charge in [0.1, 0.15) is 0 Å². The number of hydrogen-bond acceptors (Lipinski definition) is 6. The number of nitro benzene ring substituents is 1. The standard InChI is InChI=1S/C17H11ClN6O4/c18-10-3-1-9(2-4-10)7-14-20-21-17(26)23(14)22-15-12-8-11(24(27)28)5-6-13(12)19-16(15)25/h1-6,8H,7H2,(H,21,26)(H,19,22,25). The number of H-pyrrole nitrogens is 1. The number of nitrogens with one attached hydrogen (secondary N) is 2. The van der Waals surface area contributed by atoms with Crippen LogP contribution in [0.3, 0.4) is 0 Å². The monoisotopic (exact) mass is 398 g/mol. The first kappa shape index (κ1) is 17.6. The van der Waals surface area contributed by atoms with Gasteiger partial charge in [-0.05, 0) is 23.8 Å². The van der Waals surface area contributed by atoms with E-state index >= 15 is 0 Å². The van der Waals surface area contributed by atoms with Crippen LogP contribution < -0.4 is 11.0 Å². The number of fused-ring (bicyclic) bond motifs is 1. The third kappa shape index (κ3) is 3.16. The van der Waals surface area contributed by atoms with Gasteiger partial charge in [-0.25, -0.2) is 9.89 Å². The number of amides is 1. The molecule has 11 heteroatoms. The lowest BCUT2D eigenvalue weighted by Gasteiger charge is -2.02. The largest absolute Gasteiger partial charge is 0.364 e. The van der Waals surface area contributed by atoms with E-state index in [1.165, 1.54) is 18.2 Å². The molecule has 4 rings (SSSR count). The van der Waals surface area contributed by atoms with E-state index < -0.39 is 16.5 Å². The summed E-state index contributed by atoms with van der Waals surface area (Å²) in [7, 11) is 0. The molecule has 10 nitrogen and oxygen atoms in total. The van der Waals surface area contributed by atoms with Gasteiger partial charge in [-0.2, -0.15) is 14.9 Å². The van der Waals surface area contributed by atoms with Crippen molar-refractivity contribution in [3.05, 3.63) is 85.0 Å². The number of rotatable bonds is 4. The average molecular weight is 399 g/mol. The SMILES string of the molecule is O=C1Nc2ccc([N+](=O)[O-])cc2/C1=N\n1c(Cc2ccc(Cl)cc2)n[nH]c1=O. The lowest BCUT2D eigenvalue weighted by molar-refractivity contribution is -0.384. The second kappa shape index (κ2) is 6.74. The summed E-state index contributed by atoms with van der Waals surface area (Å²) in [6, 6.07) is 10.9. The molecule has 1 aliphatic rings. The van der Waals surface area contributed by atoms with Crippen molar-refractivity contribution in [1.82, 2.24) is 14.9 Å². The summed E-state index contributed by atoms with van der Waals surface area (Å²) in [5, 5.41) is 24.5. The Hall–Kier alpha value is -3.79. The molecule has 2 heterocycles. The van der Waals surface area contributed by atoms with Crippen LogP contribution in [0.15, 0.2) is 52.4 Å². The highest BCUT2D eigenvalue weighted by Crippen LogP contribution is 2.27. The van der Waals surface area contributed by atoms with Crippen LogP contribution in [0.1, 0.15) is 17.0 Å². The minimum absolute atomic E-state index is 0.112. The molecule has 0 saturated heterocycles. The van der Waals surface area contributed by atoms with Gasteiger partial charge in [0, 0.05) is 29.1 Å². The molecule has 140 valence electrons. The predicted molar refractivity (Wildman–Crippen MR) is 101 cm³/mol. The number of carbonyl (C=O) groups excluding carboxylic acids is 1. The van der Waals surface area contributed by atoms with E-state index in [2.05, 4.69) is 20.6 Å². The van der Waals surface area contributed by atoms with Crippen LogP contribution in [-0.4, -0.2) is 31.4 Å². The molecule has 0 radical (unpaired) electrons. The Morgan fingerprint density at radius 2 is 1.93 bits per heavy atom. The van der Waals surface area contributed by atoms with E-state index in [4.69, 9.17) is 11.6 Å². The topological polar surface area (TPSA) is 135 Å². The Morgan fingerprint density at radius 1 is 1.18 bits per heavy atom. The van der Waals surface area contributed by atoms with Gasteiger partial charge < -0.3 is 5.32 Å². The number of benzene rings is 2. The maximum Gasteiger partial charge on any atom is 0.364 e. The quantitative estimate of drug-likeness (QED) is 0.511. The van der Waals surface area contributed by atoms with Crippen LogP contribution in [0.2, 0.25) is 5.02 Å². The van der Waals surface area contributed by atoms with Crippen LogP contribution >= 0.6 is 11.6 Å². The molecule has 0 unspecified atom stereocenters. The number of aromatic nitrogens is 3. The molecule has 0 atom stereocenters. The minimum atomic E-state index is -0.636. The smallest absolute Gasteiger partial charge is 0.320 e. The number of nitrogens with zero attached hydrogens (tertiary/aromatic N) is 4. The lowest BCUT2D eigenvalue weighted by atomic mass is 10.1. The first-order valence-electron chi connectivity index (χ1n) is 8.02. The molecule has 3 aromatic rings. The molecule has 28 heavy (non-hydrogen) atoms. The van der Waals surface area contributed by atoms with E-state index in [-0.39, 0.29) is 29.2 Å². The van der Waals surface area contributed by atoms with Crippen molar-refractivity contribution < 1.29 is 9.72 Å². The number of hydrogen-bond donors (Lipinski definition) is 2. The minimum Gasteiger partial charge on any atom is -0.320 e. The fourth-order valence-corrected chi connectivity index (χ4v) is 2.91. The Bertz CT molecular complexity index is 1200. The molecule has 0 aliphatic carbocycles. The Labute approximate surface area is 161 Å². The molecule has 0 spiro atoms. The summed E-state index contributed by atoms with van der Waals surface area (Å²) >= 11 is 5.87. The maximum atomic E-state index is 12.3. The number of aromatic amines is 1. The normalized spacial score (nSPS) is 14.2. The van der Waals surface area contributed by atoms with Crippen molar-refractivity contribution in [3.8, 4) is 0 Å². The number of halogens is 1. The van der Waals surface area contributed by atoms with Crippen LogP contribution in [0.5, 0.6) is 0 Å². The summed E-state index contributed by atoms with van der Waals surface area (Å²) in [4.78, 5) is 34.9. The average Bonchev–Trinajstić information content (AvgIpc) is 3.17. The Morgan fingerprint density at radius 3 is 2.64 bits per heavy atom. The van der Waals surface area contributed by atoms with Crippen LogP contribution in [-0.2, 0) is 11.2 Å². The predicted octanol–water partition coefficient (Wildman–Crippen LogP) is 1.93. The third-order valence-electron chi connectivity index (χ3n) is 4.13. The zero-order valence-corrected chi connectivity index (χ0v) is 14.8. The zero-order valence-electron chi connectivity index (χ0n) is 14.0. The van der Waals surface area contributed by atoms with Crippen molar-refractivity contribution in [1.29, 1.82) is 0 Å². The van der Waals surface area contributed by atoms with Gasteiger partial charge in [0.05, 0.1) is 10.6 Å². The van der Waals surface area contributed by atoms with Crippen molar-refractivity contribution in [2.24, 2.45) is 5.10 Å². The van der Waals surface area contributed by atoms with Gasteiger partial charge in [0.2, 0.25) is 0 Å². The van der Waals surface area contributed by atoms with Crippen molar-refractivity contribution in [2.45, 2.75) is 6.42 Å². The highest BCUT2D eigenvalue weighted by atomic mass is 35.5. The molecule has 1 amide bonds. The van der Waals surface area contributed by atoms with E-state index in [0.29, 0.717) is 10.7 Å². The van der Waals surface area contributed by atoms with Crippen molar-refractivity contribution in [3.63, 3.8) is 0 Å². The highest BCUT2D eigenvalue weighted by molar-refractivity contribution is 6.53. The third-order valence-corrected chi connectivity index (χ3v) is 4.38. The first-order chi connectivity index (χ1) is 13.4. The molecule has 0 saturated carbocycles. The summed E-state index contributed by atoms with van der Waals surface area (Å²) in [5.41, 5.74) is 0.512. The zero-order chi connectivity index (χ0) is 19.8. The molecule has 1 aliphatic heterocycles. The number of nitro groups is 1. The number of non-ortho nitro benzene ring substituents is 1. The summed E-state index contributed by atoms with van der Waals surface area (Å²) in [6.45, 7) is 0. The lowest BCUT2D eigenvalue weighted by Crippen LogP contribution is -2.21. The van der Waals surface area contributed by atoms with Crippen molar-refractivity contribution in [2.75, 3.05) is 5.32 Å². The fraction of sp³-hybridized carbons (Fsp3) is 0.0588. The summed E-state index contributed by atoms with van der Waals surface area (Å²) in [5.74, 6) is -0.299. The van der Waals surface area contributed by atoms with Gasteiger partial charge in [-0.1, -0.05) is 23.7 Å². The maximum absolute atomic E-state index is 12.3. The van der Waals surface area contributed by atoms with Crippen LogP contribution in [0, 0.1) is 10.1 Å². The molecular weight excluding hydrogens is 388 g/mol. The summed E-state index contributed by atoms with van der Waals surface area (Å²) < 4.78 is 0.970. The number of carbonyl (C=O) groups is 1. The molecule has 2 aromatic carbocycles. The van der Waals surface area contributed by atoms with Crippen LogP contribution in [0.4, 0.5) is 11.4 Å². The molecule has 2 N–H and O–H groups in total. The van der Waals surface area contributed by atoms with Gasteiger partial charge in [-0.3, -0.25) is 14.9 Å². The van der Waals surface area contributed by atoms with Crippen LogP contribution in [0.25, 0.3) is 0 Å². The van der Waals surface area contributed by atoms with Gasteiger partial charge in [0.15, 0.2) is 11.5 Å². The van der Waals surface area contributed by atoms with E-state index in [0.717, 1.165) is 10.2 Å².